The molecule has 4 N–H and O–H groups in total. The van der Waals surface area contributed by atoms with Crippen LogP contribution in [0.4, 0.5) is 5.00 Å². The van der Waals surface area contributed by atoms with Crippen molar-refractivity contribution in [1.82, 2.24) is 15.1 Å². The third-order valence-corrected chi connectivity index (χ3v) is 7.65. The molecule has 1 aliphatic heterocycles. The Labute approximate surface area is 198 Å². The fourth-order valence-corrected chi connectivity index (χ4v) is 5.80. The first-order valence-electron chi connectivity index (χ1n) is 11.4. The molecule has 0 saturated carbocycles. The molecule has 2 aliphatic rings. The van der Waals surface area contributed by atoms with Crippen LogP contribution >= 0.6 is 11.3 Å². The minimum atomic E-state index is -0.475. The number of amides is 3. The van der Waals surface area contributed by atoms with E-state index < -0.39 is 5.91 Å². The normalized spacial score (nSPS) is 17.4. The van der Waals surface area contributed by atoms with Crippen molar-refractivity contribution in [2.24, 2.45) is 5.73 Å². The molecule has 176 valence electrons. The van der Waals surface area contributed by atoms with E-state index in [0.29, 0.717) is 36.7 Å². The zero-order valence-corrected chi connectivity index (χ0v) is 19.7. The first kappa shape index (κ1) is 23.4. The second-order valence-corrected chi connectivity index (χ2v) is 9.77. The smallest absolute Gasteiger partial charge is 0.251 e. The van der Waals surface area contributed by atoms with E-state index in [1.54, 1.807) is 0 Å². The number of hydrogen-bond acceptors (Lipinski definition) is 6. The van der Waals surface area contributed by atoms with E-state index in [4.69, 9.17) is 5.73 Å². The number of anilines is 1. The molecule has 9 heteroatoms. The number of fused-ring (bicyclic) bond motifs is 1. The summed E-state index contributed by atoms with van der Waals surface area (Å²) < 4.78 is 0. The highest BCUT2D eigenvalue weighted by molar-refractivity contribution is 7.17. The van der Waals surface area contributed by atoms with Crippen LogP contribution in [0.25, 0.3) is 0 Å². The molecule has 1 aromatic heterocycles. The van der Waals surface area contributed by atoms with Crippen LogP contribution < -0.4 is 16.4 Å². The Hall–Kier alpha value is -2.75. The van der Waals surface area contributed by atoms with Crippen LogP contribution in [0.5, 0.6) is 0 Å². The molecule has 1 atom stereocenters. The molecule has 0 spiro atoms. The molecule has 3 amide bonds. The number of nitrogens with one attached hydrogen (secondary N) is 2. The summed E-state index contributed by atoms with van der Waals surface area (Å²) in [6.07, 6.45) is 2.81. The van der Waals surface area contributed by atoms with Crippen molar-refractivity contribution in [2.75, 3.05) is 38.0 Å². The molecule has 2 aromatic rings. The Morgan fingerprint density at radius 3 is 2.52 bits per heavy atom. The topological polar surface area (TPSA) is 108 Å². The van der Waals surface area contributed by atoms with Crippen LogP contribution in [0.3, 0.4) is 0 Å². The van der Waals surface area contributed by atoms with E-state index in [1.165, 1.54) is 11.3 Å². The van der Waals surface area contributed by atoms with E-state index in [-0.39, 0.29) is 17.9 Å². The lowest BCUT2D eigenvalue weighted by molar-refractivity contribution is -0.124. The van der Waals surface area contributed by atoms with Crippen molar-refractivity contribution in [1.29, 1.82) is 0 Å². The maximum Gasteiger partial charge on any atom is 0.251 e. The highest BCUT2D eigenvalue weighted by atomic mass is 32.1. The van der Waals surface area contributed by atoms with Crippen molar-refractivity contribution in [3.05, 3.63) is 51.9 Å². The highest BCUT2D eigenvalue weighted by Gasteiger charge is 2.30. The summed E-state index contributed by atoms with van der Waals surface area (Å²) in [6.45, 7) is 5.59. The van der Waals surface area contributed by atoms with Gasteiger partial charge in [0.25, 0.3) is 5.91 Å². The van der Waals surface area contributed by atoms with Gasteiger partial charge in [0.2, 0.25) is 11.8 Å². The lowest BCUT2D eigenvalue weighted by Crippen LogP contribution is -2.54. The number of piperazine rings is 1. The lowest BCUT2D eigenvalue weighted by atomic mass is 10.1. The van der Waals surface area contributed by atoms with Crippen LogP contribution in [0, 0.1) is 0 Å². The zero-order chi connectivity index (χ0) is 23.4. The Kier molecular flexibility index (Phi) is 7.42. The summed E-state index contributed by atoms with van der Waals surface area (Å²) in [5.41, 5.74) is 8.17. The Morgan fingerprint density at radius 1 is 1.09 bits per heavy atom. The molecule has 1 fully saturated rings. The Balaban J connectivity index is 1.24. The quantitative estimate of drug-likeness (QED) is 0.544. The fraction of sp³-hybridized carbons (Fsp3) is 0.458. The van der Waals surface area contributed by atoms with Gasteiger partial charge in [-0.3, -0.25) is 24.2 Å². The molecule has 0 bridgehead atoms. The number of benzene rings is 1. The average molecular weight is 470 g/mol. The van der Waals surface area contributed by atoms with Gasteiger partial charge >= 0.3 is 0 Å². The summed E-state index contributed by atoms with van der Waals surface area (Å²) in [6, 6.07) is 9.51. The number of primary amides is 1. The second-order valence-electron chi connectivity index (χ2n) is 8.67. The van der Waals surface area contributed by atoms with Crippen LogP contribution in [0.2, 0.25) is 0 Å². The van der Waals surface area contributed by atoms with E-state index in [0.717, 1.165) is 48.4 Å². The summed E-state index contributed by atoms with van der Waals surface area (Å²) in [5.74, 6) is -0.606. The maximum atomic E-state index is 12.9. The predicted molar refractivity (Wildman–Crippen MR) is 129 cm³/mol. The number of aryl methyl sites for hydroxylation is 1. The number of rotatable bonds is 8. The van der Waals surface area contributed by atoms with Gasteiger partial charge in [-0.1, -0.05) is 30.3 Å². The summed E-state index contributed by atoms with van der Waals surface area (Å²) in [4.78, 5) is 42.6. The first-order chi connectivity index (χ1) is 15.9. The molecule has 2 heterocycles. The monoisotopic (exact) mass is 469 g/mol. The van der Waals surface area contributed by atoms with E-state index in [9.17, 15) is 14.4 Å². The number of carbonyl (C=O) groups is 3. The van der Waals surface area contributed by atoms with Gasteiger partial charge in [0.1, 0.15) is 5.00 Å². The van der Waals surface area contributed by atoms with Gasteiger partial charge in [0.05, 0.1) is 18.2 Å². The van der Waals surface area contributed by atoms with Crippen molar-refractivity contribution in [3.8, 4) is 0 Å². The first-order valence-corrected chi connectivity index (χ1v) is 12.3. The van der Waals surface area contributed by atoms with Crippen molar-refractivity contribution < 1.29 is 14.4 Å². The number of thiophene rings is 1. The Morgan fingerprint density at radius 2 is 1.82 bits per heavy atom. The molecule has 8 nitrogen and oxygen atoms in total. The van der Waals surface area contributed by atoms with Gasteiger partial charge in [-0.25, -0.2) is 0 Å². The molecule has 33 heavy (non-hydrogen) atoms. The van der Waals surface area contributed by atoms with Gasteiger partial charge in [-0.05, 0) is 37.3 Å². The number of nitrogens with two attached hydrogens (primary N) is 1. The van der Waals surface area contributed by atoms with Crippen molar-refractivity contribution in [2.45, 2.75) is 38.8 Å². The number of nitrogens with zero attached hydrogens (tertiary/aromatic N) is 2. The SMILES string of the molecule is CC(C(=O)Nc1sc2c(c1C(N)=O)CCC2)N1CCN(CC(=O)NCc2ccccc2)CC1. The summed E-state index contributed by atoms with van der Waals surface area (Å²) >= 11 is 1.48. The fourth-order valence-electron chi connectivity index (χ4n) is 4.50. The molecule has 1 unspecified atom stereocenters. The van der Waals surface area contributed by atoms with Gasteiger partial charge in [0.15, 0.2) is 0 Å². The molecular weight excluding hydrogens is 438 g/mol. The van der Waals surface area contributed by atoms with Crippen LogP contribution in [0.1, 0.15) is 39.7 Å². The van der Waals surface area contributed by atoms with Gasteiger partial charge in [-0.2, -0.15) is 0 Å². The van der Waals surface area contributed by atoms with E-state index in [2.05, 4.69) is 20.4 Å². The summed E-state index contributed by atoms with van der Waals surface area (Å²) in [7, 11) is 0. The Bertz CT molecular complexity index is 1010. The van der Waals surface area contributed by atoms with Crippen molar-refractivity contribution >= 4 is 34.1 Å². The molecule has 1 aromatic carbocycles. The average Bonchev–Trinajstić information content (AvgIpc) is 3.39. The molecule has 4 rings (SSSR count). The maximum absolute atomic E-state index is 12.9. The second kappa shape index (κ2) is 10.5. The van der Waals surface area contributed by atoms with Crippen LogP contribution in [0.15, 0.2) is 30.3 Å². The standard InChI is InChI=1S/C24H31N5O3S/c1-16(23(32)27-24-21(22(25)31)18-8-5-9-19(18)33-24)29-12-10-28(11-13-29)15-20(30)26-14-17-6-3-2-4-7-17/h2-4,6-7,16H,5,8-15H2,1H3,(H2,25,31)(H,26,30)(H,27,32). The highest BCUT2D eigenvalue weighted by Crippen LogP contribution is 2.38. The zero-order valence-electron chi connectivity index (χ0n) is 18.9. The molecule has 0 radical (unpaired) electrons. The minimum absolute atomic E-state index is 0.00261. The van der Waals surface area contributed by atoms with Crippen LogP contribution in [-0.4, -0.2) is 66.3 Å². The van der Waals surface area contributed by atoms with E-state index >= 15 is 0 Å². The molecular formula is C24H31N5O3S. The third-order valence-electron chi connectivity index (χ3n) is 6.44. The van der Waals surface area contributed by atoms with Gasteiger partial charge in [0, 0.05) is 37.6 Å². The van der Waals surface area contributed by atoms with Crippen LogP contribution in [-0.2, 0) is 29.0 Å². The number of hydrogen-bond donors (Lipinski definition) is 3. The minimum Gasteiger partial charge on any atom is -0.365 e. The lowest BCUT2D eigenvalue weighted by Gasteiger charge is -2.37. The molecule has 1 saturated heterocycles. The third kappa shape index (κ3) is 5.61. The van der Waals surface area contributed by atoms with Gasteiger partial charge in [-0.15, -0.1) is 11.3 Å². The van der Waals surface area contributed by atoms with Crippen molar-refractivity contribution in [3.63, 3.8) is 0 Å². The largest absolute Gasteiger partial charge is 0.365 e. The van der Waals surface area contributed by atoms with E-state index in [1.807, 2.05) is 37.3 Å². The number of carbonyl (C=O) groups excluding carboxylic acids is 3. The van der Waals surface area contributed by atoms with Gasteiger partial charge < -0.3 is 16.4 Å². The predicted octanol–water partition coefficient (Wildman–Crippen LogP) is 1.60. The molecule has 1 aliphatic carbocycles. The summed E-state index contributed by atoms with van der Waals surface area (Å²) in [5, 5.41) is 6.50.